The Morgan fingerprint density at radius 1 is 1.31 bits per heavy atom. The minimum Gasteiger partial charge on any atom is -0.300 e. The first-order chi connectivity index (χ1) is 13.8. The molecule has 0 aromatic carbocycles. The fourth-order valence-corrected chi connectivity index (χ4v) is 7.02. The van der Waals surface area contributed by atoms with Gasteiger partial charge in [0.25, 0.3) is 5.91 Å². The smallest absolute Gasteiger partial charge is 0.300 e. The van der Waals surface area contributed by atoms with Gasteiger partial charge in [0.15, 0.2) is 5.13 Å². The van der Waals surface area contributed by atoms with Crippen LogP contribution in [-0.4, -0.2) is 25.6 Å². The van der Waals surface area contributed by atoms with Gasteiger partial charge in [-0.3, -0.25) is 19.6 Å². The highest BCUT2D eigenvalue weighted by Gasteiger charge is 2.52. The number of nitrogens with zero attached hydrogens (tertiary/aromatic N) is 4. The van der Waals surface area contributed by atoms with E-state index in [1.54, 1.807) is 13.8 Å². The number of carbonyl (C=O) groups excluding carboxylic acids is 1. The van der Waals surface area contributed by atoms with Crippen molar-refractivity contribution < 1.29 is 9.72 Å². The van der Waals surface area contributed by atoms with Crippen LogP contribution in [0.3, 0.4) is 0 Å². The zero-order chi connectivity index (χ0) is 20.3. The van der Waals surface area contributed by atoms with Crippen LogP contribution in [0.1, 0.15) is 62.9 Å². The molecule has 1 N–H and O–H groups in total. The molecule has 0 saturated heterocycles. The standard InChI is InChI=1S/C20H25N5O3S/c1-11-16(25(27)28)9-24(23-11)12(2)18(26)22-19-21-17(10-29-19)20-6-13-3-14(7-20)5-15(4-13)8-20/h9-10,12-15H,3-8H2,1-2H3,(H,21,22,26)/t12-,13?,14?,15?,20?/m0/s1. The van der Waals surface area contributed by atoms with E-state index in [0.29, 0.717) is 10.8 Å². The quantitative estimate of drug-likeness (QED) is 0.582. The van der Waals surface area contributed by atoms with E-state index in [0.717, 1.165) is 23.4 Å². The Labute approximate surface area is 172 Å². The molecule has 1 amide bonds. The molecule has 4 saturated carbocycles. The molecule has 6 rings (SSSR count). The van der Waals surface area contributed by atoms with Crippen molar-refractivity contribution in [3.05, 3.63) is 33.1 Å². The molecule has 154 valence electrons. The van der Waals surface area contributed by atoms with E-state index >= 15 is 0 Å². The summed E-state index contributed by atoms with van der Waals surface area (Å²) in [5.41, 5.74) is 1.57. The summed E-state index contributed by atoms with van der Waals surface area (Å²) in [6, 6.07) is -0.658. The number of hydrogen-bond donors (Lipinski definition) is 1. The van der Waals surface area contributed by atoms with Crippen molar-refractivity contribution in [1.82, 2.24) is 14.8 Å². The van der Waals surface area contributed by atoms with Crippen molar-refractivity contribution in [2.24, 2.45) is 17.8 Å². The zero-order valence-electron chi connectivity index (χ0n) is 16.6. The number of aromatic nitrogens is 3. The second-order valence-corrected chi connectivity index (χ2v) is 10.1. The first-order valence-corrected chi connectivity index (χ1v) is 11.2. The highest BCUT2D eigenvalue weighted by atomic mass is 32.1. The molecule has 8 nitrogen and oxygen atoms in total. The molecule has 4 bridgehead atoms. The summed E-state index contributed by atoms with van der Waals surface area (Å²) in [5, 5.41) is 20.8. The van der Waals surface area contributed by atoms with Gasteiger partial charge in [-0.25, -0.2) is 4.98 Å². The van der Waals surface area contributed by atoms with Crippen molar-refractivity contribution in [1.29, 1.82) is 0 Å². The number of hydrogen-bond acceptors (Lipinski definition) is 6. The van der Waals surface area contributed by atoms with Crippen LogP contribution in [0.25, 0.3) is 0 Å². The first kappa shape index (κ1) is 18.7. The van der Waals surface area contributed by atoms with Gasteiger partial charge >= 0.3 is 5.69 Å². The Morgan fingerprint density at radius 3 is 2.48 bits per heavy atom. The molecular formula is C20H25N5O3S. The summed E-state index contributed by atoms with van der Waals surface area (Å²) in [6.45, 7) is 3.25. The van der Waals surface area contributed by atoms with Gasteiger partial charge in [-0.15, -0.1) is 11.3 Å². The normalized spacial score (nSPS) is 31.0. The molecule has 0 spiro atoms. The van der Waals surface area contributed by atoms with Crippen LogP contribution in [0, 0.1) is 34.8 Å². The summed E-state index contributed by atoms with van der Waals surface area (Å²) in [5.74, 6) is 2.27. The number of aryl methyl sites for hydroxylation is 1. The maximum absolute atomic E-state index is 12.7. The SMILES string of the molecule is Cc1nn([C@@H](C)C(=O)Nc2nc(C34CC5CC(CC(C5)C3)C4)cs2)cc1[N+](=O)[O-]. The van der Waals surface area contributed by atoms with E-state index in [9.17, 15) is 14.9 Å². The van der Waals surface area contributed by atoms with Gasteiger partial charge in [-0.1, -0.05) is 0 Å². The predicted octanol–water partition coefficient (Wildman–Crippen LogP) is 4.22. The van der Waals surface area contributed by atoms with Gasteiger partial charge in [-0.05, 0) is 70.1 Å². The maximum Gasteiger partial charge on any atom is 0.309 e. The Hall–Kier alpha value is -2.29. The minimum atomic E-state index is -0.658. The van der Waals surface area contributed by atoms with Crippen LogP contribution in [0.2, 0.25) is 0 Å². The molecule has 4 aliphatic rings. The number of rotatable bonds is 5. The Morgan fingerprint density at radius 2 is 1.93 bits per heavy atom. The second kappa shape index (κ2) is 6.62. The number of carbonyl (C=O) groups is 1. The molecular weight excluding hydrogens is 390 g/mol. The highest BCUT2D eigenvalue weighted by Crippen LogP contribution is 2.60. The van der Waals surface area contributed by atoms with Crippen molar-refractivity contribution >= 4 is 28.1 Å². The Bertz CT molecular complexity index is 945. The lowest BCUT2D eigenvalue weighted by Crippen LogP contribution is -2.48. The Balaban J connectivity index is 1.31. The lowest BCUT2D eigenvalue weighted by molar-refractivity contribution is -0.385. The lowest BCUT2D eigenvalue weighted by atomic mass is 9.49. The summed E-state index contributed by atoms with van der Waals surface area (Å²) < 4.78 is 1.34. The minimum absolute atomic E-state index is 0.0806. The Kier molecular flexibility index (Phi) is 4.27. The van der Waals surface area contributed by atoms with Gasteiger partial charge in [0, 0.05) is 10.8 Å². The van der Waals surface area contributed by atoms with Crippen LogP contribution in [0.5, 0.6) is 0 Å². The predicted molar refractivity (Wildman–Crippen MR) is 109 cm³/mol. The van der Waals surface area contributed by atoms with E-state index in [4.69, 9.17) is 4.98 Å². The molecule has 4 fully saturated rings. The third-order valence-corrected chi connectivity index (χ3v) is 7.94. The second-order valence-electron chi connectivity index (χ2n) is 9.24. The molecule has 2 heterocycles. The fourth-order valence-electron chi connectivity index (χ4n) is 6.18. The lowest BCUT2D eigenvalue weighted by Gasteiger charge is -2.56. The summed E-state index contributed by atoms with van der Waals surface area (Å²) in [4.78, 5) is 28.0. The van der Waals surface area contributed by atoms with E-state index in [1.165, 1.54) is 60.7 Å². The van der Waals surface area contributed by atoms with E-state index in [2.05, 4.69) is 15.8 Å². The van der Waals surface area contributed by atoms with Crippen molar-refractivity contribution in [2.75, 3.05) is 5.32 Å². The van der Waals surface area contributed by atoms with E-state index < -0.39 is 11.0 Å². The molecule has 2 aromatic heterocycles. The van der Waals surface area contributed by atoms with Crippen molar-refractivity contribution in [3.8, 4) is 0 Å². The van der Waals surface area contributed by atoms with Crippen LogP contribution >= 0.6 is 11.3 Å². The highest BCUT2D eigenvalue weighted by molar-refractivity contribution is 7.14. The molecule has 4 aliphatic carbocycles. The summed E-state index contributed by atoms with van der Waals surface area (Å²) >= 11 is 1.47. The number of nitro groups is 1. The van der Waals surface area contributed by atoms with Gasteiger partial charge in [0.2, 0.25) is 0 Å². The summed E-state index contributed by atoms with van der Waals surface area (Å²) in [7, 11) is 0. The summed E-state index contributed by atoms with van der Waals surface area (Å²) in [6.07, 6.45) is 9.19. The van der Waals surface area contributed by atoms with Crippen LogP contribution in [0.15, 0.2) is 11.6 Å². The third kappa shape index (κ3) is 3.15. The van der Waals surface area contributed by atoms with Crippen molar-refractivity contribution in [3.63, 3.8) is 0 Å². The van der Waals surface area contributed by atoms with Crippen LogP contribution < -0.4 is 5.32 Å². The fraction of sp³-hybridized carbons (Fsp3) is 0.650. The molecule has 0 aliphatic heterocycles. The topological polar surface area (TPSA) is 103 Å². The molecule has 29 heavy (non-hydrogen) atoms. The monoisotopic (exact) mass is 415 g/mol. The number of anilines is 1. The van der Waals surface area contributed by atoms with Crippen LogP contribution in [-0.2, 0) is 10.2 Å². The number of thiazole rings is 1. The number of amides is 1. The third-order valence-electron chi connectivity index (χ3n) is 7.18. The molecule has 0 unspecified atom stereocenters. The van der Waals surface area contributed by atoms with Crippen molar-refractivity contribution in [2.45, 2.75) is 63.8 Å². The largest absolute Gasteiger partial charge is 0.309 e. The van der Waals surface area contributed by atoms with E-state index in [1.807, 2.05) is 0 Å². The maximum atomic E-state index is 12.7. The molecule has 1 atom stereocenters. The average molecular weight is 416 g/mol. The van der Waals surface area contributed by atoms with E-state index in [-0.39, 0.29) is 17.0 Å². The average Bonchev–Trinajstić information content (AvgIpc) is 3.27. The van der Waals surface area contributed by atoms with Gasteiger partial charge in [-0.2, -0.15) is 5.10 Å². The molecule has 2 aromatic rings. The number of nitrogens with one attached hydrogen (secondary N) is 1. The van der Waals surface area contributed by atoms with Gasteiger partial charge in [0.1, 0.15) is 17.9 Å². The molecule has 0 radical (unpaired) electrons. The van der Waals surface area contributed by atoms with Gasteiger partial charge < -0.3 is 5.32 Å². The first-order valence-electron chi connectivity index (χ1n) is 10.3. The zero-order valence-corrected chi connectivity index (χ0v) is 17.4. The van der Waals surface area contributed by atoms with Crippen LogP contribution in [0.4, 0.5) is 10.8 Å². The molecule has 9 heteroatoms. The van der Waals surface area contributed by atoms with Gasteiger partial charge in [0.05, 0.1) is 10.6 Å².